The lowest BCUT2D eigenvalue weighted by molar-refractivity contribution is 0.491. The molecular weight excluding hydrogens is 252 g/mol. The molecule has 2 rings (SSSR count). The summed E-state index contributed by atoms with van der Waals surface area (Å²) < 4.78 is 0. The molecule has 0 unspecified atom stereocenters. The number of allylic oxidation sites excluding steroid dienone is 8. The molecule has 0 bridgehead atoms. The summed E-state index contributed by atoms with van der Waals surface area (Å²) in [6.07, 6.45) is 8.38. The van der Waals surface area contributed by atoms with Gasteiger partial charge in [-0.15, -0.1) is 0 Å². The van der Waals surface area contributed by atoms with Gasteiger partial charge >= 0.3 is 0 Å². The van der Waals surface area contributed by atoms with E-state index in [9.17, 15) is 0 Å². The summed E-state index contributed by atoms with van der Waals surface area (Å²) in [5.74, 6) is 0. The highest BCUT2D eigenvalue weighted by atomic mass is 14.3. The highest BCUT2D eigenvalue weighted by Crippen LogP contribution is 2.43. The molecular formula is C21H32. The highest BCUT2D eigenvalue weighted by Gasteiger charge is 2.27. The molecule has 0 spiro atoms. The van der Waals surface area contributed by atoms with Gasteiger partial charge in [0.2, 0.25) is 0 Å². The summed E-state index contributed by atoms with van der Waals surface area (Å²) in [4.78, 5) is 0. The second-order valence-electron chi connectivity index (χ2n) is 8.94. The van der Waals surface area contributed by atoms with Crippen molar-refractivity contribution in [2.24, 2.45) is 10.8 Å². The van der Waals surface area contributed by atoms with Crippen molar-refractivity contribution in [3.63, 3.8) is 0 Å². The van der Waals surface area contributed by atoms with Crippen LogP contribution >= 0.6 is 0 Å². The first-order valence-corrected chi connectivity index (χ1v) is 8.28. The molecule has 0 aromatic carbocycles. The van der Waals surface area contributed by atoms with Crippen molar-refractivity contribution >= 4 is 0 Å². The molecule has 2 aliphatic carbocycles. The van der Waals surface area contributed by atoms with Crippen LogP contribution in [0.5, 0.6) is 0 Å². The van der Waals surface area contributed by atoms with E-state index in [1.807, 2.05) is 0 Å². The molecule has 116 valence electrons. The van der Waals surface area contributed by atoms with E-state index in [4.69, 9.17) is 0 Å². The third-order valence-electron chi connectivity index (χ3n) is 5.06. The molecule has 0 aromatic heterocycles. The van der Waals surface area contributed by atoms with Gasteiger partial charge in [-0.05, 0) is 43.9 Å². The third-order valence-corrected chi connectivity index (χ3v) is 5.06. The van der Waals surface area contributed by atoms with Crippen LogP contribution in [0.25, 0.3) is 0 Å². The fourth-order valence-corrected chi connectivity index (χ4v) is 3.19. The Morgan fingerprint density at radius 2 is 1.05 bits per heavy atom. The fourth-order valence-electron chi connectivity index (χ4n) is 3.19. The second-order valence-corrected chi connectivity index (χ2v) is 8.94. The van der Waals surface area contributed by atoms with Crippen LogP contribution in [0.4, 0.5) is 0 Å². The maximum absolute atomic E-state index is 2.43. The summed E-state index contributed by atoms with van der Waals surface area (Å²) >= 11 is 0. The van der Waals surface area contributed by atoms with Crippen LogP contribution in [-0.2, 0) is 0 Å². The molecule has 0 N–H and O–H groups in total. The second kappa shape index (κ2) is 5.30. The van der Waals surface area contributed by atoms with Crippen molar-refractivity contribution in [3.8, 4) is 0 Å². The van der Waals surface area contributed by atoms with E-state index in [-0.39, 0.29) is 0 Å². The van der Waals surface area contributed by atoms with E-state index < -0.39 is 0 Å². The van der Waals surface area contributed by atoms with E-state index in [1.54, 1.807) is 22.3 Å². The molecule has 0 fully saturated rings. The quantitative estimate of drug-likeness (QED) is 0.525. The monoisotopic (exact) mass is 284 g/mol. The predicted molar refractivity (Wildman–Crippen MR) is 94.3 cm³/mol. The Kier molecular flexibility index (Phi) is 4.12. The molecule has 0 atom stereocenters. The summed E-state index contributed by atoms with van der Waals surface area (Å²) in [5, 5.41) is 0. The van der Waals surface area contributed by atoms with Gasteiger partial charge in [0.15, 0.2) is 0 Å². The lowest BCUT2D eigenvalue weighted by Crippen LogP contribution is -2.09. The number of hydrogen-bond acceptors (Lipinski definition) is 0. The van der Waals surface area contributed by atoms with Gasteiger partial charge in [-0.3, -0.25) is 0 Å². The van der Waals surface area contributed by atoms with Crippen LogP contribution in [0.2, 0.25) is 0 Å². The zero-order valence-electron chi connectivity index (χ0n) is 15.3. The smallest absolute Gasteiger partial charge is 0.00906 e. The van der Waals surface area contributed by atoms with Crippen LogP contribution in [0, 0.1) is 10.8 Å². The molecule has 0 aromatic rings. The zero-order valence-corrected chi connectivity index (χ0v) is 15.3. The Morgan fingerprint density at radius 1 is 0.714 bits per heavy atom. The Bertz CT molecular complexity index is 508. The minimum Gasteiger partial charge on any atom is -0.0605 e. The summed E-state index contributed by atoms with van der Waals surface area (Å²) in [5.41, 5.74) is 10.1. The minimum absolute atomic E-state index is 0.303. The number of hydrogen-bond donors (Lipinski definition) is 0. The summed E-state index contributed by atoms with van der Waals surface area (Å²) in [6.45, 7) is 18.5. The molecule has 2 aliphatic rings. The van der Waals surface area contributed by atoms with Crippen LogP contribution in [0.15, 0.2) is 45.6 Å². The van der Waals surface area contributed by atoms with E-state index in [2.05, 4.69) is 67.5 Å². The van der Waals surface area contributed by atoms with Gasteiger partial charge in [0.1, 0.15) is 0 Å². The topological polar surface area (TPSA) is 0 Å². The van der Waals surface area contributed by atoms with Crippen LogP contribution < -0.4 is 0 Å². The zero-order chi connectivity index (χ0) is 16.0. The van der Waals surface area contributed by atoms with E-state index in [0.29, 0.717) is 10.8 Å². The van der Waals surface area contributed by atoms with Crippen LogP contribution in [0.3, 0.4) is 0 Å². The number of rotatable bonds is 2. The van der Waals surface area contributed by atoms with Crippen molar-refractivity contribution in [1.29, 1.82) is 0 Å². The molecule has 0 nitrogen and oxygen atoms in total. The van der Waals surface area contributed by atoms with Crippen molar-refractivity contribution in [3.05, 3.63) is 45.6 Å². The van der Waals surface area contributed by atoms with Gasteiger partial charge in [0.25, 0.3) is 0 Å². The van der Waals surface area contributed by atoms with Gasteiger partial charge < -0.3 is 0 Å². The Morgan fingerprint density at radius 3 is 1.29 bits per heavy atom. The SMILES string of the molecule is CC1=C(CC2=C(C)C=C(C(C)(C)C)C2)CC(C(C)(C)C)=C1. The molecule has 21 heavy (non-hydrogen) atoms. The predicted octanol–water partition coefficient (Wildman–Crippen LogP) is 6.76. The van der Waals surface area contributed by atoms with E-state index in [1.165, 1.54) is 30.4 Å². The minimum atomic E-state index is 0.303. The molecule has 0 heterocycles. The van der Waals surface area contributed by atoms with Crippen LogP contribution in [0.1, 0.15) is 74.7 Å². The fraction of sp³-hybridized carbons (Fsp3) is 0.619. The maximum atomic E-state index is 2.43. The average Bonchev–Trinajstić information content (AvgIpc) is 2.84. The normalized spacial score (nSPS) is 20.4. The Balaban J connectivity index is 2.07. The summed E-state index contributed by atoms with van der Waals surface area (Å²) in [6, 6.07) is 0. The molecule has 0 heteroatoms. The highest BCUT2D eigenvalue weighted by molar-refractivity contribution is 5.46. The molecule has 0 aliphatic heterocycles. The molecule has 0 saturated carbocycles. The van der Waals surface area contributed by atoms with Gasteiger partial charge in [-0.2, -0.15) is 0 Å². The lowest BCUT2D eigenvalue weighted by atomic mass is 9.83. The molecule has 0 radical (unpaired) electrons. The third kappa shape index (κ3) is 3.59. The van der Waals surface area contributed by atoms with E-state index in [0.717, 1.165) is 0 Å². The largest absolute Gasteiger partial charge is 0.0605 e. The van der Waals surface area contributed by atoms with Crippen molar-refractivity contribution in [1.82, 2.24) is 0 Å². The van der Waals surface area contributed by atoms with Crippen molar-refractivity contribution < 1.29 is 0 Å². The van der Waals surface area contributed by atoms with Gasteiger partial charge in [0.05, 0.1) is 0 Å². The maximum Gasteiger partial charge on any atom is -0.00906 e. The first kappa shape index (κ1) is 16.3. The first-order valence-electron chi connectivity index (χ1n) is 8.28. The lowest BCUT2D eigenvalue weighted by Gasteiger charge is -2.22. The van der Waals surface area contributed by atoms with Gasteiger partial charge in [0, 0.05) is 0 Å². The standard InChI is InChI=1S/C21H32/c1-14-9-18(20(3,4)5)12-16(14)11-17-13-19(10-15(17)2)21(6,7)8/h9-10H,11-13H2,1-8H3. The Hall–Kier alpha value is -1.04. The van der Waals surface area contributed by atoms with Crippen molar-refractivity contribution in [2.75, 3.05) is 0 Å². The van der Waals surface area contributed by atoms with Crippen LogP contribution in [-0.4, -0.2) is 0 Å². The van der Waals surface area contributed by atoms with E-state index >= 15 is 0 Å². The first-order chi connectivity index (χ1) is 9.48. The molecule has 0 saturated heterocycles. The Labute approximate surface area is 131 Å². The average molecular weight is 284 g/mol. The van der Waals surface area contributed by atoms with Crippen molar-refractivity contribution in [2.45, 2.75) is 74.7 Å². The van der Waals surface area contributed by atoms with Gasteiger partial charge in [-0.1, -0.05) is 87.1 Å². The molecule has 0 amide bonds. The van der Waals surface area contributed by atoms with Gasteiger partial charge in [-0.25, -0.2) is 0 Å². The summed E-state index contributed by atoms with van der Waals surface area (Å²) in [7, 11) is 0.